The van der Waals surface area contributed by atoms with Gasteiger partial charge in [-0.25, -0.2) is 13.8 Å². The van der Waals surface area contributed by atoms with Crippen LogP contribution in [0.15, 0.2) is 41.3 Å². The number of nitrogens with one attached hydrogen (secondary N) is 1. The van der Waals surface area contributed by atoms with E-state index in [-0.39, 0.29) is 16.9 Å². The summed E-state index contributed by atoms with van der Waals surface area (Å²) in [5.74, 6) is -0.362. The number of carbonyl (C=O) groups is 1. The number of aryl methyl sites for hydroxylation is 2. The molecule has 8 nitrogen and oxygen atoms in total. The Bertz CT molecular complexity index is 1310. The number of benzene rings is 1. The first-order valence-electron chi connectivity index (χ1n) is 8.70. The quantitative estimate of drug-likeness (QED) is 0.537. The summed E-state index contributed by atoms with van der Waals surface area (Å²) in [5, 5.41) is 6.90. The largest absolute Gasteiger partial charge is 0.465 e. The van der Waals surface area contributed by atoms with E-state index in [1.165, 1.54) is 42.1 Å². The Morgan fingerprint density at radius 3 is 2.48 bits per heavy atom. The standard InChI is InChI=1S/C20H16FN5O3/c1-10-15(19(28)29-3)16(12-4-6-13(21)7-5-12)17-14(22-10)8-9-26(18(17)27)20-23-11(2)24-25-20/h4-9H,1-3H3,(H,23,24,25). The normalized spacial score (nSPS) is 11.0. The van der Waals surface area contributed by atoms with Gasteiger partial charge in [-0.15, -0.1) is 5.10 Å². The molecule has 1 aromatic carbocycles. The minimum Gasteiger partial charge on any atom is -0.465 e. The number of fused-ring (bicyclic) bond motifs is 1. The number of hydrogen-bond donors (Lipinski definition) is 1. The van der Waals surface area contributed by atoms with Gasteiger partial charge in [0.15, 0.2) is 0 Å². The second-order valence-electron chi connectivity index (χ2n) is 6.42. The van der Waals surface area contributed by atoms with E-state index < -0.39 is 17.3 Å². The van der Waals surface area contributed by atoms with Crippen molar-refractivity contribution in [1.82, 2.24) is 24.7 Å². The van der Waals surface area contributed by atoms with Crippen LogP contribution in [0.1, 0.15) is 21.9 Å². The van der Waals surface area contributed by atoms with Gasteiger partial charge in [0.2, 0.25) is 0 Å². The highest BCUT2D eigenvalue weighted by molar-refractivity contribution is 6.07. The Balaban J connectivity index is 2.15. The molecule has 4 rings (SSSR count). The van der Waals surface area contributed by atoms with Gasteiger partial charge < -0.3 is 4.74 Å². The number of nitrogens with zero attached hydrogens (tertiary/aromatic N) is 4. The molecule has 0 saturated heterocycles. The molecule has 29 heavy (non-hydrogen) atoms. The molecule has 0 atom stereocenters. The fraction of sp³-hybridized carbons (Fsp3) is 0.150. The number of hydrogen-bond acceptors (Lipinski definition) is 6. The van der Waals surface area contributed by atoms with Gasteiger partial charge in [0.1, 0.15) is 11.6 Å². The lowest BCUT2D eigenvalue weighted by Crippen LogP contribution is -2.21. The highest BCUT2D eigenvalue weighted by atomic mass is 19.1. The summed E-state index contributed by atoms with van der Waals surface area (Å²) < 4.78 is 19.7. The molecule has 0 radical (unpaired) electrons. The van der Waals surface area contributed by atoms with Crippen LogP contribution >= 0.6 is 0 Å². The zero-order valence-corrected chi connectivity index (χ0v) is 15.9. The van der Waals surface area contributed by atoms with Gasteiger partial charge >= 0.3 is 5.97 Å². The van der Waals surface area contributed by atoms with Gasteiger partial charge in [-0.2, -0.15) is 4.98 Å². The number of aromatic nitrogens is 5. The molecular weight excluding hydrogens is 377 g/mol. The fourth-order valence-electron chi connectivity index (χ4n) is 3.25. The van der Waals surface area contributed by atoms with Crippen LogP contribution in [0.25, 0.3) is 28.0 Å². The van der Waals surface area contributed by atoms with Crippen molar-refractivity contribution in [2.24, 2.45) is 0 Å². The Kier molecular flexibility index (Phi) is 4.42. The third-order valence-electron chi connectivity index (χ3n) is 4.54. The lowest BCUT2D eigenvalue weighted by Gasteiger charge is -2.14. The first-order chi connectivity index (χ1) is 13.9. The van der Waals surface area contributed by atoms with E-state index in [1.54, 1.807) is 19.9 Å². The smallest absolute Gasteiger partial charge is 0.340 e. The van der Waals surface area contributed by atoms with Crippen molar-refractivity contribution in [2.45, 2.75) is 13.8 Å². The summed E-state index contributed by atoms with van der Waals surface area (Å²) in [6, 6.07) is 7.17. The lowest BCUT2D eigenvalue weighted by atomic mass is 9.95. The summed E-state index contributed by atoms with van der Waals surface area (Å²) in [7, 11) is 1.25. The molecule has 0 bridgehead atoms. The van der Waals surface area contributed by atoms with Crippen LogP contribution in [-0.4, -0.2) is 37.8 Å². The molecule has 0 spiro atoms. The SMILES string of the molecule is COC(=O)c1c(C)nc2ccn(-c3n[nH]c(C)n3)c(=O)c2c1-c1ccc(F)cc1. The van der Waals surface area contributed by atoms with E-state index in [0.717, 1.165) is 0 Å². The van der Waals surface area contributed by atoms with Crippen molar-refractivity contribution in [3.63, 3.8) is 0 Å². The van der Waals surface area contributed by atoms with Crippen molar-refractivity contribution in [2.75, 3.05) is 7.11 Å². The predicted molar refractivity (Wildman–Crippen MR) is 103 cm³/mol. The van der Waals surface area contributed by atoms with Crippen LogP contribution in [0.4, 0.5) is 4.39 Å². The molecule has 0 amide bonds. The minimum atomic E-state index is -0.639. The molecule has 0 saturated carbocycles. The second kappa shape index (κ2) is 6.93. The van der Waals surface area contributed by atoms with Crippen molar-refractivity contribution in [3.05, 3.63) is 69.8 Å². The van der Waals surface area contributed by atoms with Crippen LogP contribution in [0.2, 0.25) is 0 Å². The van der Waals surface area contributed by atoms with E-state index in [4.69, 9.17) is 4.74 Å². The summed E-state index contributed by atoms with van der Waals surface area (Å²) >= 11 is 0. The number of aromatic amines is 1. The summed E-state index contributed by atoms with van der Waals surface area (Å²) in [5.41, 5.74) is 1.29. The predicted octanol–water partition coefficient (Wildman–Crippen LogP) is 2.71. The van der Waals surface area contributed by atoms with Gasteiger partial charge in [0.05, 0.1) is 29.3 Å². The minimum absolute atomic E-state index is 0.146. The first kappa shape index (κ1) is 18.5. The molecule has 3 heterocycles. The fourth-order valence-corrected chi connectivity index (χ4v) is 3.25. The van der Waals surface area contributed by atoms with Crippen LogP contribution in [0, 0.1) is 19.7 Å². The number of carbonyl (C=O) groups excluding carboxylic acids is 1. The first-order valence-corrected chi connectivity index (χ1v) is 8.70. The van der Waals surface area contributed by atoms with Gasteiger partial charge in [0.25, 0.3) is 11.5 Å². The third-order valence-corrected chi connectivity index (χ3v) is 4.54. The number of H-pyrrole nitrogens is 1. The lowest BCUT2D eigenvalue weighted by molar-refractivity contribution is 0.0600. The van der Waals surface area contributed by atoms with Crippen LogP contribution in [0.3, 0.4) is 0 Å². The number of pyridine rings is 2. The van der Waals surface area contributed by atoms with E-state index in [1.807, 2.05) is 0 Å². The summed E-state index contributed by atoms with van der Waals surface area (Å²) in [6.07, 6.45) is 1.52. The van der Waals surface area contributed by atoms with Gasteiger partial charge in [-0.3, -0.25) is 14.9 Å². The molecule has 3 aromatic heterocycles. The maximum absolute atomic E-state index is 13.5. The van der Waals surface area contributed by atoms with Crippen molar-refractivity contribution < 1.29 is 13.9 Å². The molecule has 0 fully saturated rings. The Hall–Kier alpha value is -3.88. The van der Waals surface area contributed by atoms with Crippen LogP contribution in [-0.2, 0) is 4.74 Å². The summed E-state index contributed by atoms with van der Waals surface area (Å²) in [4.78, 5) is 34.5. The van der Waals surface area contributed by atoms with E-state index in [2.05, 4.69) is 20.2 Å². The molecule has 0 unspecified atom stereocenters. The molecule has 9 heteroatoms. The van der Waals surface area contributed by atoms with E-state index in [9.17, 15) is 14.0 Å². The third kappa shape index (κ3) is 3.06. The van der Waals surface area contributed by atoms with Crippen molar-refractivity contribution in [3.8, 4) is 17.1 Å². The van der Waals surface area contributed by atoms with E-state index in [0.29, 0.717) is 28.2 Å². The zero-order chi connectivity index (χ0) is 20.7. The van der Waals surface area contributed by atoms with Gasteiger partial charge in [0, 0.05) is 11.8 Å². The molecule has 0 aliphatic carbocycles. The molecule has 0 aliphatic rings. The highest BCUT2D eigenvalue weighted by Crippen LogP contribution is 2.32. The van der Waals surface area contributed by atoms with Crippen LogP contribution in [0.5, 0.6) is 0 Å². The number of rotatable bonds is 3. The summed E-state index contributed by atoms with van der Waals surface area (Å²) in [6.45, 7) is 3.37. The number of esters is 1. The van der Waals surface area contributed by atoms with Gasteiger partial charge in [-0.1, -0.05) is 12.1 Å². The highest BCUT2D eigenvalue weighted by Gasteiger charge is 2.24. The average Bonchev–Trinajstić information content (AvgIpc) is 3.13. The van der Waals surface area contributed by atoms with Crippen molar-refractivity contribution >= 4 is 16.9 Å². The topological polar surface area (TPSA) is 103 Å². The maximum atomic E-state index is 13.5. The Morgan fingerprint density at radius 1 is 1.14 bits per heavy atom. The Morgan fingerprint density at radius 2 is 1.86 bits per heavy atom. The molecule has 0 aliphatic heterocycles. The number of ether oxygens (including phenoxy) is 1. The van der Waals surface area contributed by atoms with Gasteiger partial charge in [-0.05, 0) is 37.6 Å². The molecule has 1 N–H and O–H groups in total. The molecule has 146 valence electrons. The maximum Gasteiger partial charge on any atom is 0.340 e. The number of halogens is 1. The van der Waals surface area contributed by atoms with E-state index >= 15 is 0 Å². The van der Waals surface area contributed by atoms with Crippen molar-refractivity contribution in [1.29, 1.82) is 0 Å². The zero-order valence-electron chi connectivity index (χ0n) is 15.9. The average molecular weight is 393 g/mol. The van der Waals surface area contributed by atoms with Crippen LogP contribution < -0.4 is 5.56 Å². The Labute approximate surface area is 164 Å². The molecular formula is C20H16FN5O3. The second-order valence-corrected chi connectivity index (χ2v) is 6.42. The number of methoxy groups -OCH3 is 1. The molecule has 4 aromatic rings. The monoisotopic (exact) mass is 393 g/mol.